The zero-order valence-electron chi connectivity index (χ0n) is 10.2. The second-order valence-electron chi connectivity index (χ2n) is 4.56. The van der Waals surface area contributed by atoms with E-state index >= 15 is 0 Å². The maximum atomic E-state index is 12.1. The van der Waals surface area contributed by atoms with Crippen molar-refractivity contribution in [2.24, 2.45) is 11.1 Å². The molecule has 1 aromatic rings. The highest BCUT2D eigenvalue weighted by molar-refractivity contribution is 9.11. The van der Waals surface area contributed by atoms with Gasteiger partial charge in [0.2, 0.25) is 15.9 Å². The standard InChI is InChI=1S/C10H12Br2N4O3S/c11-6-2-15-10(12)8(13)9(6)16-3-5(1-7(16)17)4-20(14,18)19/h2,5H,1,3-4,13H2,(H2,14,18,19). The van der Waals surface area contributed by atoms with Gasteiger partial charge in [-0.3, -0.25) is 4.79 Å². The Kier molecular flexibility index (Phi) is 4.38. The average Bonchev–Trinajstić information content (AvgIpc) is 2.63. The first-order valence-corrected chi connectivity index (χ1v) is 8.89. The van der Waals surface area contributed by atoms with E-state index in [9.17, 15) is 13.2 Å². The lowest BCUT2D eigenvalue weighted by Gasteiger charge is -2.20. The highest BCUT2D eigenvalue weighted by Crippen LogP contribution is 2.38. The van der Waals surface area contributed by atoms with E-state index in [1.807, 2.05) is 0 Å². The van der Waals surface area contributed by atoms with Crippen LogP contribution in [0.3, 0.4) is 0 Å². The minimum Gasteiger partial charge on any atom is -0.395 e. The molecule has 2 rings (SSSR count). The number of rotatable bonds is 3. The number of carbonyl (C=O) groups is 1. The van der Waals surface area contributed by atoms with Gasteiger partial charge in [-0.2, -0.15) is 0 Å². The molecule has 110 valence electrons. The molecule has 0 aromatic carbocycles. The van der Waals surface area contributed by atoms with Crippen molar-refractivity contribution in [2.75, 3.05) is 22.9 Å². The molecule has 0 saturated carbocycles. The minimum atomic E-state index is -3.61. The summed E-state index contributed by atoms with van der Waals surface area (Å²) in [6.07, 6.45) is 1.65. The van der Waals surface area contributed by atoms with E-state index in [2.05, 4.69) is 36.8 Å². The number of amides is 1. The predicted octanol–water partition coefficient (Wildman–Crippen LogP) is 0.830. The average molecular weight is 428 g/mol. The fourth-order valence-corrected chi connectivity index (χ4v) is 3.88. The Morgan fingerprint density at radius 2 is 2.10 bits per heavy atom. The van der Waals surface area contributed by atoms with E-state index < -0.39 is 10.0 Å². The van der Waals surface area contributed by atoms with Gasteiger partial charge < -0.3 is 10.6 Å². The molecule has 1 amide bonds. The quantitative estimate of drug-likeness (QED) is 0.692. The Balaban J connectivity index is 2.31. The molecule has 2 heterocycles. The van der Waals surface area contributed by atoms with Crippen molar-refractivity contribution in [3.8, 4) is 0 Å². The third-order valence-corrected chi connectivity index (χ3v) is 5.09. The van der Waals surface area contributed by atoms with Gasteiger partial charge in [-0.1, -0.05) is 0 Å². The third kappa shape index (κ3) is 3.30. The molecule has 1 saturated heterocycles. The third-order valence-electron chi connectivity index (χ3n) is 2.94. The Morgan fingerprint density at radius 1 is 1.45 bits per heavy atom. The Morgan fingerprint density at radius 3 is 2.70 bits per heavy atom. The number of halogens is 2. The van der Waals surface area contributed by atoms with Crippen LogP contribution in [0.4, 0.5) is 11.4 Å². The summed E-state index contributed by atoms with van der Waals surface area (Å²) in [6.45, 7) is 0.258. The Labute approximate surface area is 133 Å². The van der Waals surface area contributed by atoms with Crippen molar-refractivity contribution in [3.63, 3.8) is 0 Å². The monoisotopic (exact) mass is 426 g/mol. The summed E-state index contributed by atoms with van der Waals surface area (Å²) in [6, 6.07) is 0. The number of carbonyl (C=O) groups excluding carboxylic acids is 1. The number of hydrogen-bond donors (Lipinski definition) is 2. The molecule has 0 bridgehead atoms. The number of pyridine rings is 1. The van der Waals surface area contributed by atoms with Gasteiger partial charge in [0, 0.05) is 25.1 Å². The zero-order chi connectivity index (χ0) is 15.1. The second-order valence-corrected chi connectivity index (χ2v) is 7.83. The van der Waals surface area contributed by atoms with E-state index in [0.717, 1.165) is 0 Å². The summed E-state index contributed by atoms with van der Waals surface area (Å²) in [4.78, 5) is 17.5. The molecule has 0 radical (unpaired) electrons. The van der Waals surface area contributed by atoms with Crippen LogP contribution < -0.4 is 15.8 Å². The molecule has 7 nitrogen and oxygen atoms in total. The molecule has 1 atom stereocenters. The van der Waals surface area contributed by atoms with E-state index in [1.165, 1.54) is 11.1 Å². The summed E-state index contributed by atoms with van der Waals surface area (Å²) in [5.41, 5.74) is 6.74. The van der Waals surface area contributed by atoms with Crippen LogP contribution in [0.25, 0.3) is 0 Å². The molecule has 4 N–H and O–H groups in total. The molecule has 0 spiro atoms. The SMILES string of the molecule is Nc1c(Br)ncc(Br)c1N1CC(CS(N)(=O)=O)CC1=O. The maximum Gasteiger partial charge on any atom is 0.227 e. The topological polar surface area (TPSA) is 119 Å². The lowest BCUT2D eigenvalue weighted by molar-refractivity contribution is -0.117. The predicted molar refractivity (Wildman–Crippen MR) is 82.5 cm³/mol. The van der Waals surface area contributed by atoms with Gasteiger partial charge in [0.15, 0.2) is 0 Å². The summed E-state index contributed by atoms with van der Waals surface area (Å²) in [5.74, 6) is -0.751. The number of anilines is 2. The summed E-state index contributed by atoms with van der Waals surface area (Å²) in [7, 11) is -3.61. The summed E-state index contributed by atoms with van der Waals surface area (Å²) >= 11 is 6.50. The molecule has 1 unspecified atom stereocenters. The first kappa shape index (κ1) is 15.7. The number of aromatic nitrogens is 1. The maximum absolute atomic E-state index is 12.1. The smallest absolute Gasteiger partial charge is 0.227 e. The van der Waals surface area contributed by atoms with Crippen molar-refractivity contribution in [1.29, 1.82) is 0 Å². The van der Waals surface area contributed by atoms with Crippen LogP contribution in [0.15, 0.2) is 15.3 Å². The summed E-state index contributed by atoms with van der Waals surface area (Å²) < 4.78 is 23.2. The number of nitrogen functional groups attached to an aromatic ring is 1. The van der Waals surface area contributed by atoms with Crippen molar-refractivity contribution in [2.45, 2.75) is 6.42 Å². The number of hydrogen-bond acceptors (Lipinski definition) is 5. The van der Waals surface area contributed by atoms with E-state index in [4.69, 9.17) is 10.9 Å². The van der Waals surface area contributed by atoms with Gasteiger partial charge >= 0.3 is 0 Å². The fraction of sp³-hybridized carbons (Fsp3) is 0.400. The Hall–Kier alpha value is -0.710. The molecule has 0 aliphatic carbocycles. The first-order valence-electron chi connectivity index (χ1n) is 5.59. The molecule has 20 heavy (non-hydrogen) atoms. The number of primary sulfonamides is 1. The minimum absolute atomic E-state index is 0.127. The number of nitrogens with zero attached hydrogens (tertiary/aromatic N) is 2. The highest BCUT2D eigenvalue weighted by atomic mass is 79.9. The molecule has 1 fully saturated rings. The second kappa shape index (κ2) is 5.58. The van der Waals surface area contributed by atoms with Gasteiger partial charge in [0.1, 0.15) is 4.60 Å². The molecule has 1 aromatic heterocycles. The van der Waals surface area contributed by atoms with Crippen molar-refractivity contribution < 1.29 is 13.2 Å². The molecular weight excluding hydrogens is 416 g/mol. The van der Waals surface area contributed by atoms with E-state index in [0.29, 0.717) is 20.5 Å². The molecule has 10 heteroatoms. The number of nitrogens with two attached hydrogens (primary N) is 2. The van der Waals surface area contributed by atoms with Crippen LogP contribution in [0, 0.1) is 5.92 Å². The lowest BCUT2D eigenvalue weighted by atomic mass is 10.1. The van der Waals surface area contributed by atoms with E-state index in [-0.39, 0.29) is 30.5 Å². The van der Waals surface area contributed by atoms with Crippen LogP contribution in [-0.4, -0.2) is 31.6 Å². The molecular formula is C10H12Br2N4O3S. The fourth-order valence-electron chi connectivity index (χ4n) is 2.18. The van der Waals surface area contributed by atoms with Crippen LogP contribution in [0.2, 0.25) is 0 Å². The van der Waals surface area contributed by atoms with Crippen LogP contribution in [0.5, 0.6) is 0 Å². The van der Waals surface area contributed by atoms with Crippen molar-refractivity contribution >= 4 is 59.2 Å². The molecule has 1 aliphatic heterocycles. The molecule has 1 aliphatic rings. The van der Waals surface area contributed by atoms with Crippen molar-refractivity contribution in [1.82, 2.24) is 4.98 Å². The zero-order valence-corrected chi connectivity index (χ0v) is 14.2. The van der Waals surface area contributed by atoms with Crippen LogP contribution in [-0.2, 0) is 14.8 Å². The highest BCUT2D eigenvalue weighted by Gasteiger charge is 2.35. The van der Waals surface area contributed by atoms with Crippen molar-refractivity contribution in [3.05, 3.63) is 15.3 Å². The van der Waals surface area contributed by atoms with Gasteiger partial charge in [0.05, 0.1) is 21.6 Å². The largest absolute Gasteiger partial charge is 0.395 e. The van der Waals surface area contributed by atoms with E-state index in [1.54, 1.807) is 0 Å². The van der Waals surface area contributed by atoms with Gasteiger partial charge in [-0.05, 0) is 31.9 Å². The van der Waals surface area contributed by atoms with Gasteiger partial charge in [-0.25, -0.2) is 18.5 Å². The first-order chi connectivity index (χ1) is 9.19. The summed E-state index contributed by atoms with van der Waals surface area (Å²) in [5, 5.41) is 5.02. The van der Waals surface area contributed by atoms with Gasteiger partial charge in [0.25, 0.3) is 0 Å². The normalized spacial score (nSPS) is 19.6. The lowest BCUT2D eigenvalue weighted by Crippen LogP contribution is -2.28. The van der Waals surface area contributed by atoms with Crippen LogP contribution >= 0.6 is 31.9 Å². The van der Waals surface area contributed by atoms with Gasteiger partial charge in [-0.15, -0.1) is 0 Å². The van der Waals surface area contributed by atoms with Crippen LogP contribution in [0.1, 0.15) is 6.42 Å². The Bertz CT molecular complexity index is 665. The number of sulfonamides is 1.